The van der Waals surface area contributed by atoms with E-state index in [9.17, 15) is 13.2 Å². The number of hydrogen-bond acceptors (Lipinski definition) is 4. The number of hydrogen-bond donors (Lipinski definition) is 2. The maximum Gasteiger partial charge on any atom is 0.254 e. The van der Waals surface area contributed by atoms with Crippen molar-refractivity contribution < 1.29 is 13.2 Å². The Morgan fingerprint density at radius 1 is 1.24 bits per heavy atom. The molecule has 0 spiro atoms. The van der Waals surface area contributed by atoms with Crippen LogP contribution in [0.1, 0.15) is 44.0 Å². The van der Waals surface area contributed by atoms with Crippen molar-refractivity contribution in [3.63, 3.8) is 0 Å². The van der Waals surface area contributed by atoms with Gasteiger partial charge >= 0.3 is 0 Å². The first-order chi connectivity index (χ1) is 11.3. The van der Waals surface area contributed by atoms with Gasteiger partial charge in [-0.2, -0.15) is 0 Å². The minimum Gasteiger partial charge on any atom is -0.342 e. The summed E-state index contributed by atoms with van der Waals surface area (Å²) in [6.07, 6.45) is 1.86. The first kappa shape index (κ1) is 23.9. The van der Waals surface area contributed by atoms with Gasteiger partial charge in [-0.15, -0.1) is 12.4 Å². The fourth-order valence-corrected chi connectivity index (χ4v) is 3.64. The van der Waals surface area contributed by atoms with Crippen LogP contribution in [0.3, 0.4) is 0 Å². The monoisotopic (exact) mass is 391 g/mol. The summed E-state index contributed by atoms with van der Waals surface area (Å²) in [5.74, 6) is -0.274. The summed E-state index contributed by atoms with van der Waals surface area (Å²) in [7, 11) is -2.04. The molecule has 144 valence electrons. The highest BCUT2D eigenvalue weighted by Gasteiger charge is 2.24. The summed E-state index contributed by atoms with van der Waals surface area (Å²) in [6.45, 7) is 7.55. The zero-order valence-corrected chi connectivity index (χ0v) is 17.0. The molecule has 0 bridgehead atoms. The summed E-state index contributed by atoms with van der Waals surface area (Å²) >= 11 is 0. The Morgan fingerprint density at radius 3 is 2.48 bits per heavy atom. The third-order valence-electron chi connectivity index (χ3n) is 3.73. The van der Waals surface area contributed by atoms with Crippen molar-refractivity contribution in [2.45, 2.75) is 44.6 Å². The molecule has 6 nitrogen and oxygen atoms in total. The molecule has 0 fully saturated rings. The summed E-state index contributed by atoms with van der Waals surface area (Å²) in [5, 5.41) is 3.15. The Balaban J connectivity index is 0.00000576. The fraction of sp³-hybridized carbons (Fsp3) is 0.588. The quantitative estimate of drug-likeness (QED) is 0.641. The lowest BCUT2D eigenvalue weighted by Gasteiger charge is -2.19. The molecule has 0 aliphatic heterocycles. The van der Waals surface area contributed by atoms with Crippen molar-refractivity contribution >= 4 is 28.3 Å². The van der Waals surface area contributed by atoms with E-state index in [0.29, 0.717) is 6.54 Å². The fourth-order valence-electron chi connectivity index (χ4n) is 2.31. The second-order valence-electron chi connectivity index (χ2n) is 5.89. The number of benzene rings is 1. The number of nitrogens with zero attached hydrogens (tertiary/aromatic N) is 1. The first-order valence-corrected chi connectivity index (χ1v) is 9.89. The highest BCUT2D eigenvalue weighted by atomic mass is 35.5. The van der Waals surface area contributed by atoms with Gasteiger partial charge in [-0.05, 0) is 32.0 Å². The number of amides is 1. The van der Waals surface area contributed by atoms with Crippen molar-refractivity contribution in [3.05, 3.63) is 29.8 Å². The molecule has 8 heteroatoms. The molecule has 0 radical (unpaired) electrons. The summed E-state index contributed by atoms with van der Waals surface area (Å²) in [4.78, 5) is 14.2. The molecule has 1 aromatic carbocycles. The van der Waals surface area contributed by atoms with Crippen molar-refractivity contribution in [2.75, 3.05) is 26.7 Å². The van der Waals surface area contributed by atoms with E-state index in [1.165, 1.54) is 6.07 Å². The predicted molar refractivity (Wildman–Crippen MR) is 104 cm³/mol. The third kappa shape index (κ3) is 7.32. The van der Waals surface area contributed by atoms with Gasteiger partial charge in [0.1, 0.15) is 0 Å². The van der Waals surface area contributed by atoms with Gasteiger partial charge in [0.15, 0.2) is 0 Å². The summed E-state index contributed by atoms with van der Waals surface area (Å²) in [5.41, 5.74) is 0.208. The second-order valence-corrected chi connectivity index (χ2v) is 7.62. The normalized spacial score (nSPS) is 12.3. The van der Waals surface area contributed by atoms with Gasteiger partial charge in [-0.25, -0.2) is 13.1 Å². The van der Waals surface area contributed by atoms with Gasteiger partial charge < -0.3 is 10.2 Å². The van der Waals surface area contributed by atoms with Crippen LogP contribution in [0.4, 0.5) is 0 Å². The number of nitrogens with one attached hydrogen (secondary N) is 2. The van der Waals surface area contributed by atoms with Gasteiger partial charge in [0.25, 0.3) is 5.91 Å². The van der Waals surface area contributed by atoms with E-state index in [0.717, 1.165) is 19.4 Å². The van der Waals surface area contributed by atoms with E-state index in [1.807, 2.05) is 20.8 Å². The van der Waals surface area contributed by atoms with Crippen LogP contribution in [0, 0.1) is 0 Å². The lowest BCUT2D eigenvalue weighted by atomic mass is 10.2. The highest BCUT2D eigenvalue weighted by Crippen LogP contribution is 2.17. The molecule has 0 unspecified atom stereocenters. The number of sulfonamides is 1. The lowest BCUT2D eigenvalue weighted by molar-refractivity contribution is 0.0789. The van der Waals surface area contributed by atoms with Crippen LogP contribution >= 0.6 is 12.4 Å². The van der Waals surface area contributed by atoms with Crippen LogP contribution in [-0.2, 0) is 10.0 Å². The van der Waals surface area contributed by atoms with Crippen LogP contribution in [-0.4, -0.2) is 51.9 Å². The Hall–Kier alpha value is -1.15. The van der Waals surface area contributed by atoms with Crippen molar-refractivity contribution in [2.24, 2.45) is 0 Å². The number of unbranched alkanes of at least 4 members (excludes halogenated alkanes) is 1. The highest BCUT2D eigenvalue weighted by molar-refractivity contribution is 7.89. The molecule has 1 rings (SSSR count). The molecule has 1 atom stereocenters. The van der Waals surface area contributed by atoms with Gasteiger partial charge in [-0.1, -0.05) is 32.4 Å². The van der Waals surface area contributed by atoms with Crippen LogP contribution in [0.5, 0.6) is 0 Å². The van der Waals surface area contributed by atoms with Crippen LogP contribution in [0.15, 0.2) is 29.2 Å². The second kappa shape index (κ2) is 11.5. The third-order valence-corrected chi connectivity index (χ3v) is 5.21. The smallest absolute Gasteiger partial charge is 0.254 e. The molecule has 0 aliphatic carbocycles. The van der Waals surface area contributed by atoms with E-state index in [2.05, 4.69) is 10.0 Å². The van der Waals surface area contributed by atoms with Crippen LogP contribution in [0.2, 0.25) is 0 Å². The van der Waals surface area contributed by atoms with Gasteiger partial charge in [0, 0.05) is 26.2 Å². The maximum absolute atomic E-state index is 12.6. The zero-order valence-electron chi connectivity index (χ0n) is 15.4. The predicted octanol–water partition coefficient (Wildman–Crippen LogP) is 2.26. The standard InChI is InChI=1S/C17H29N3O3S.ClH/c1-5-7-12-20(4)17(21)15-10-8-9-11-16(15)24(22,23)19-13-14(3)18-6-2;/h8-11,14,18-19H,5-7,12-13H2,1-4H3;1H/t14-;/m1./s1. The topological polar surface area (TPSA) is 78.5 Å². The Labute approximate surface area is 157 Å². The SMILES string of the molecule is CCCCN(C)C(=O)c1ccccc1S(=O)(=O)NC[C@@H](C)NCC.Cl. The van der Waals surface area contributed by atoms with E-state index in [-0.39, 0.29) is 41.4 Å². The van der Waals surface area contributed by atoms with Crippen LogP contribution in [0.25, 0.3) is 0 Å². The van der Waals surface area contributed by atoms with E-state index >= 15 is 0 Å². The van der Waals surface area contributed by atoms with Crippen molar-refractivity contribution in [1.82, 2.24) is 14.9 Å². The Kier molecular flexibility index (Phi) is 10.9. The lowest BCUT2D eigenvalue weighted by Crippen LogP contribution is -2.39. The molecule has 1 aromatic rings. The Morgan fingerprint density at radius 2 is 1.88 bits per heavy atom. The number of likely N-dealkylation sites (N-methyl/N-ethyl adjacent to an activating group) is 1. The number of carbonyl (C=O) groups excluding carboxylic acids is 1. The molecule has 0 aliphatic rings. The molecular weight excluding hydrogens is 362 g/mol. The maximum atomic E-state index is 12.6. The summed E-state index contributed by atoms with van der Waals surface area (Å²) in [6, 6.07) is 6.36. The average Bonchev–Trinajstić information content (AvgIpc) is 2.57. The first-order valence-electron chi connectivity index (χ1n) is 8.41. The average molecular weight is 392 g/mol. The molecule has 25 heavy (non-hydrogen) atoms. The molecule has 0 heterocycles. The molecular formula is C17H30ClN3O3S. The van der Waals surface area contributed by atoms with E-state index in [4.69, 9.17) is 0 Å². The minimum atomic E-state index is -3.74. The molecule has 1 amide bonds. The minimum absolute atomic E-state index is 0. The van der Waals surface area contributed by atoms with Crippen molar-refractivity contribution in [1.29, 1.82) is 0 Å². The van der Waals surface area contributed by atoms with Crippen molar-refractivity contribution in [3.8, 4) is 0 Å². The molecule has 0 aromatic heterocycles. The molecule has 0 saturated carbocycles. The number of halogens is 1. The van der Waals surface area contributed by atoms with E-state index in [1.54, 1.807) is 30.1 Å². The number of carbonyl (C=O) groups is 1. The van der Waals surface area contributed by atoms with Crippen LogP contribution < -0.4 is 10.0 Å². The summed E-state index contributed by atoms with van der Waals surface area (Å²) < 4.78 is 27.8. The molecule has 0 saturated heterocycles. The largest absolute Gasteiger partial charge is 0.342 e. The number of rotatable bonds is 10. The van der Waals surface area contributed by atoms with Gasteiger partial charge in [0.2, 0.25) is 10.0 Å². The Bertz CT molecular complexity index is 638. The molecule has 2 N–H and O–H groups in total. The zero-order chi connectivity index (χ0) is 18.2. The van der Waals surface area contributed by atoms with Gasteiger partial charge in [-0.3, -0.25) is 4.79 Å². The van der Waals surface area contributed by atoms with Gasteiger partial charge in [0.05, 0.1) is 10.5 Å². The van der Waals surface area contributed by atoms with E-state index < -0.39 is 10.0 Å².